The number of rotatable bonds is 5. The number of sulfonamides is 1. The van der Waals surface area contributed by atoms with Crippen LogP contribution in [-0.4, -0.2) is 18.4 Å². The Hall–Kier alpha value is -2.34. The summed E-state index contributed by atoms with van der Waals surface area (Å²) >= 11 is 0. The molecule has 24 heavy (non-hydrogen) atoms. The highest BCUT2D eigenvalue weighted by Gasteiger charge is 2.13. The van der Waals surface area contributed by atoms with Gasteiger partial charge in [-0.2, -0.15) is 0 Å². The molecule has 0 bridgehead atoms. The molecule has 1 heterocycles. The lowest BCUT2D eigenvalue weighted by molar-refractivity contribution is 0.600. The molecule has 0 fully saturated rings. The quantitative estimate of drug-likeness (QED) is 0.737. The summed E-state index contributed by atoms with van der Waals surface area (Å²) in [4.78, 5) is 7.73. The van der Waals surface area contributed by atoms with Crippen LogP contribution in [0.1, 0.15) is 36.7 Å². The van der Waals surface area contributed by atoms with Gasteiger partial charge in [-0.25, -0.2) is 13.4 Å². The minimum absolute atomic E-state index is 0.0487. The largest absolute Gasteiger partial charge is 0.342 e. The maximum Gasteiger partial charge on any atom is 0.236 e. The van der Waals surface area contributed by atoms with Gasteiger partial charge in [0.15, 0.2) is 0 Å². The second-order valence-corrected chi connectivity index (χ2v) is 8.08. The highest BCUT2D eigenvalue weighted by atomic mass is 32.2. The van der Waals surface area contributed by atoms with Crippen LogP contribution in [0.2, 0.25) is 0 Å². The van der Waals surface area contributed by atoms with Gasteiger partial charge in [-0.1, -0.05) is 43.7 Å². The van der Waals surface area contributed by atoms with E-state index in [0.717, 1.165) is 28.0 Å². The van der Waals surface area contributed by atoms with Crippen molar-refractivity contribution in [2.24, 2.45) is 0 Å². The van der Waals surface area contributed by atoms with E-state index in [9.17, 15) is 8.42 Å². The number of hydrogen-bond donors (Lipinski definition) is 2. The number of aromatic amines is 1. The van der Waals surface area contributed by atoms with Gasteiger partial charge in [0.05, 0.1) is 22.5 Å². The Balaban J connectivity index is 1.82. The van der Waals surface area contributed by atoms with E-state index in [1.165, 1.54) is 0 Å². The number of benzene rings is 2. The molecule has 0 aliphatic carbocycles. The van der Waals surface area contributed by atoms with Crippen molar-refractivity contribution in [1.82, 2.24) is 9.97 Å². The van der Waals surface area contributed by atoms with Crippen LogP contribution in [0.15, 0.2) is 42.5 Å². The number of nitrogens with zero attached hydrogens (tertiary/aromatic N) is 1. The molecule has 3 aromatic rings. The van der Waals surface area contributed by atoms with E-state index >= 15 is 0 Å². The van der Waals surface area contributed by atoms with Gasteiger partial charge in [-0.05, 0) is 30.7 Å². The van der Waals surface area contributed by atoms with Crippen LogP contribution in [-0.2, 0) is 15.8 Å². The molecule has 1 aromatic heterocycles. The lowest BCUT2D eigenvalue weighted by atomic mass is 10.2. The predicted octanol–water partition coefficient (Wildman–Crippen LogP) is 3.94. The summed E-state index contributed by atoms with van der Waals surface area (Å²) in [7, 11) is -3.47. The first-order valence-electron chi connectivity index (χ1n) is 7.88. The minimum Gasteiger partial charge on any atom is -0.342 e. The van der Waals surface area contributed by atoms with Crippen molar-refractivity contribution in [2.75, 3.05) is 4.72 Å². The van der Waals surface area contributed by atoms with Gasteiger partial charge in [0.25, 0.3) is 0 Å². The number of nitrogens with one attached hydrogen (secondary N) is 2. The molecular formula is C18H21N3O2S. The van der Waals surface area contributed by atoms with Crippen molar-refractivity contribution in [3.05, 3.63) is 59.4 Å². The Morgan fingerprint density at radius 2 is 1.96 bits per heavy atom. The maximum atomic E-state index is 12.4. The smallest absolute Gasteiger partial charge is 0.236 e. The molecule has 3 rings (SSSR count). The van der Waals surface area contributed by atoms with Crippen molar-refractivity contribution in [3.63, 3.8) is 0 Å². The number of aromatic nitrogens is 2. The van der Waals surface area contributed by atoms with Crippen molar-refractivity contribution >= 4 is 26.7 Å². The average molecular weight is 343 g/mol. The fourth-order valence-corrected chi connectivity index (χ4v) is 3.78. The first kappa shape index (κ1) is 16.5. The Kier molecular flexibility index (Phi) is 4.32. The summed E-state index contributed by atoms with van der Waals surface area (Å²) in [6.45, 7) is 6.06. The fraction of sp³-hybridized carbons (Fsp3) is 0.278. The Bertz CT molecular complexity index is 975. The molecule has 5 nitrogen and oxygen atoms in total. The highest BCUT2D eigenvalue weighted by Crippen LogP contribution is 2.22. The van der Waals surface area contributed by atoms with Gasteiger partial charge < -0.3 is 4.98 Å². The molecule has 2 aromatic carbocycles. The summed E-state index contributed by atoms with van der Waals surface area (Å²) in [5.74, 6) is 1.14. The molecule has 0 spiro atoms. The molecule has 0 saturated heterocycles. The zero-order valence-corrected chi connectivity index (χ0v) is 14.8. The summed E-state index contributed by atoms with van der Waals surface area (Å²) in [6.07, 6.45) is 0. The summed E-state index contributed by atoms with van der Waals surface area (Å²) in [6, 6.07) is 12.9. The minimum atomic E-state index is -3.47. The number of aryl methyl sites for hydroxylation is 1. The normalized spacial score (nSPS) is 12.0. The van der Waals surface area contributed by atoms with Gasteiger partial charge in [0, 0.05) is 5.92 Å². The van der Waals surface area contributed by atoms with Gasteiger partial charge in [0.1, 0.15) is 5.82 Å². The molecule has 0 saturated carbocycles. The van der Waals surface area contributed by atoms with Crippen LogP contribution in [0.3, 0.4) is 0 Å². The van der Waals surface area contributed by atoms with Gasteiger partial charge in [0.2, 0.25) is 10.0 Å². The standard InChI is InChI=1S/C18H21N3O2S/c1-12(2)18-19-16-8-7-15(10-17(16)20-18)21-24(22,23)11-14-6-4-5-13(3)9-14/h4-10,12,21H,11H2,1-3H3,(H,19,20). The van der Waals surface area contributed by atoms with Gasteiger partial charge in [-0.3, -0.25) is 4.72 Å². The number of H-pyrrole nitrogens is 1. The number of anilines is 1. The number of fused-ring (bicyclic) bond motifs is 1. The zero-order chi connectivity index (χ0) is 17.3. The molecule has 0 unspecified atom stereocenters. The first-order chi connectivity index (χ1) is 11.3. The van der Waals surface area contributed by atoms with E-state index < -0.39 is 10.0 Å². The van der Waals surface area contributed by atoms with Crippen molar-refractivity contribution in [1.29, 1.82) is 0 Å². The van der Waals surface area contributed by atoms with Crippen molar-refractivity contribution in [3.8, 4) is 0 Å². The van der Waals surface area contributed by atoms with Gasteiger partial charge in [-0.15, -0.1) is 0 Å². The maximum absolute atomic E-state index is 12.4. The van der Waals surface area contributed by atoms with E-state index in [1.807, 2.05) is 37.3 Å². The SMILES string of the molecule is Cc1cccc(CS(=O)(=O)Nc2ccc3nc(C(C)C)[nH]c3c2)c1. The number of hydrogen-bond acceptors (Lipinski definition) is 3. The highest BCUT2D eigenvalue weighted by molar-refractivity contribution is 7.91. The summed E-state index contributed by atoms with van der Waals surface area (Å²) < 4.78 is 27.4. The second-order valence-electron chi connectivity index (χ2n) is 6.36. The molecule has 0 amide bonds. The van der Waals surface area contributed by atoms with E-state index in [4.69, 9.17) is 0 Å². The van der Waals surface area contributed by atoms with E-state index in [0.29, 0.717) is 11.6 Å². The molecule has 126 valence electrons. The molecule has 0 aliphatic rings. The first-order valence-corrected chi connectivity index (χ1v) is 9.53. The lowest BCUT2D eigenvalue weighted by Crippen LogP contribution is -2.15. The molecule has 0 atom stereocenters. The van der Waals surface area contributed by atoms with Crippen LogP contribution in [0, 0.1) is 6.92 Å². The third kappa shape index (κ3) is 3.76. The second kappa shape index (κ2) is 6.28. The number of imidazole rings is 1. The molecule has 0 radical (unpaired) electrons. The average Bonchev–Trinajstić information content (AvgIpc) is 2.89. The predicted molar refractivity (Wildman–Crippen MR) is 97.6 cm³/mol. The molecule has 2 N–H and O–H groups in total. The van der Waals surface area contributed by atoms with Crippen molar-refractivity contribution < 1.29 is 8.42 Å². The third-order valence-electron chi connectivity index (χ3n) is 3.76. The third-order valence-corrected chi connectivity index (χ3v) is 5.02. The molecule has 0 aliphatic heterocycles. The Labute approximate surface area is 142 Å². The Morgan fingerprint density at radius 3 is 2.67 bits per heavy atom. The summed E-state index contributed by atoms with van der Waals surface area (Å²) in [5.41, 5.74) is 4.01. The van der Waals surface area contributed by atoms with Crippen LogP contribution >= 0.6 is 0 Å². The van der Waals surface area contributed by atoms with Crippen LogP contribution < -0.4 is 4.72 Å². The van der Waals surface area contributed by atoms with E-state index in [-0.39, 0.29) is 5.75 Å². The van der Waals surface area contributed by atoms with Crippen LogP contribution in [0.4, 0.5) is 5.69 Å². The fourth-order valence-electron chi connectivity index (χ4n) is 2.60. The van der Waals surface area contributed by atoms with Gasteiger partial charge >= 0.3 is 0 Å². The van der Waals surface area contributed by atoms with Crippen LogP contribution in [0.25, 0.3) is 11.0 Å². The lowest BCUT2D eigenvalue weighted by Gasteiger charge is -2.08. The molecular weight excluding hydrogens is 322 g/mol. The van der Waals surface area contributed by atoms with Crippen LogP contribution in [0.5, 0.6) is 0 Å². The zero-order valence-electron chi connectivity index (χ0n) is 14.0. The van der Waals surface area contributed by atoms with E-state index in [2.05, 4.69) is 28.5 Å². The van der Waals surface area contributed by atoms with Crippen molar-refractivity contribution in [2.45, 2.75) is 32.4 Å². The molecule has 6 heteroatoms. The Morgan fingerprint density at radius 1 is 1.17 bits per heavy atom. The topological polar surface area (TPSA) is 74.8 Å². The summed E-state index contributed by atoms with van der Waals surface area (Å²) in [5, 5.41) is 0. The monoisotopic (exact) mass is 343 g/mol. The van der Waals surface area contributed by atoms with E-state index in [1.54, 1.807) is 12.1 Å².